The number of benzene rings is 2. The van der Waals surface area contributed by atoms with Gasteiger partial charge in [-0.25, -0.2) is 0 Å². The molecule has 2 aromatic rings. The van der Waals surface area contributed by atoms with E-state index in [2.05, 4.69) is 17.4 Å². The van der Waals surface area contributed by atoms with Crippen LogP contribution in [0.25, 0.3) is 0 Å². The lowest BCUT2D eigenvalue weighted by molar-refractivity contribution is -0.137. The van der Waals surface area contributed by atoms with Gasteiger partial charge in [-0.3, -0.25) is 0 Å². The average molecular weight is 312 g/mol. The molecule has 1 N–H and O–H groups in total. The number of hydrogen-bond donors (Lipinski definition) is 1. The molecule has 0 spiro atoms. The largest absolute Gasteiger partial charge is 0.417 e. The van der Waals surface area contributed by atoms with E-state index in [1.807, 2.05) is 12.1 Å². The summed E-state index contributed by atoms with van der Waals surface area (Å²) in [4.78, 5) is 0. The molecule has 0 saturated carbocycles. The Morgan fingerprint density at radius 1 is 1.00 bits per heavy atom. The third-order valence-electron chi connectivity index (χ3n) is 3.69. The van der Waals surface area contributed by atoms with Crippen molar-refractivity contribution < 1.29 is 13.2 Å². The summed E-state index contributed by atoms with van der Waals surface area (Å²) < 4.78 is 38.5. The van der Waals surface area contributed by atoms with Gasteiger partial charge in [0.2, 0.25) is 0 Å². The maximum absolute atomic E-state index is 12.8. The minimum Gasteiger partial charge on any atom is -0.382 e. The summed E-state index contributed by atoms with van der Waals surface area (Å²) in [6, 6.07) is 12.1. The van der Waals surface area contributed by atoms with E-state index < -0.39 is 11.7 Å². The fraction of sp³-hybridized carbons (Fsp3) is 0.250. The second kappa shape index (κ2) is 5.26. The molecule has 21 heavy (non-hydrogen) atoms. The summed E-state index contributed by atoms with van der Waals surface area (Å²) in [5.41, 5.74) is 2.15. The minimum absolute atomic E-state index is 0.115. The van der Waals surface area contributed by atoms with Gasteiger partial charge in [0.25, 0.3) is 0 Å². The highest BCUT2D eigenvalue weighted by Crippen LogP contribution is 2.36. The van der Waals surface area contributed by atoms with E-state index in [1.54, 1.807) is 6.07 Å². The van der Waals surface area contributed by atoms with Crippen LogP contribution in [0.1, 0.15) is 16.7 Å². The van der Waals surface area contributed by atoms with Crippen LogP contribution in [0.4, 0.5) is 18.9 Å². The monoisotopic (exact) mass is 311 g/mol. The van der Waals surface area contributed by atoms with E-state index in [9.17, 15) is 13.2 Å². The molecule has 1 aliphatic rings. The third kappa shape index (κ3) is 3.00. The van der Waals surface area contributed by atoms with Crippen LogP contribution in [0.5, 0.6) is 0 Å². The van der Waals surface area contributed by atoms with E-state index in [0.29, 0.717) is 5.69 Å². The van der Waals surface area contributed by atoms with Crippen LogP contribution < -0.4 is 5.32 Å². The zero-order chi connectivity index (χ0) is 15.0. The Kier molecular flexibility index (Phi) is 3.57. The zero-order valence-corrected chi connectivity index (χ0v) is 11.8. The number of rotatable bonds is 2. The summed E-state index contributed by atoms with van der Waals surface area (Å²) in [7, 11) is 0. The van der Waals surface area contributed by atoms with Gasteiger partial charge in [0.05, 0.1) is 10.6 Å². The Labute approximate surface area is 125 Å². The van der Waals surface area contributed by atoms with Gasteiger partial charge in [0, 0.05) is 11.7 Å². The molecule has 0 radical (unpaired) electrons. The standard InChI is InChI=1S/C16H13ClF3N/c17-15-6-5-12(9-14(15)16(18,19)20)21-13-7-10-3-1-2-4-11(10)8-13/h1-6,9,13,21H,7-8H2. The fourth-order valence-corrected chi connectivity index (χ4v) is 2.95. The highest BCUT2D eigenvalue weighted by Gasteiger charge is 2.33. The summed E-state index contributed by atoms with van der Waals surface area (Å²) in [6.07, 6.45) is -2.80. The molecule has 0 aliphatic heterocycles. The third-order valence-corrected chi connectivity index (χ3v) is 4.02. The number of anilines is 1. The van der Waals surface area contributed by atoms with E-state index in [0.717, 1.165) is 18.9 Å². The maximum Gasteiger partial charge on any atom is 0.417 e. The van der Waals surface area contributed by atoms with E-state index in [-0.39, 0.29) is 11.1 Å². The van der Waals surface area contributed by atoms with Crippen molar-refractivity contribution >= 4 is 17.3 Å². The SMILES string of the molecule is FC(F)(F)c1cc(NC2Cc3ccccc3C2)ccc1Cl. The lowest BCUT2D eigenvalue weighted by Gasteiger charge is -2.16. The molecule has 0 heterocycles. The second-order valence-corrected chi connectivity index (χ2v) is 5.62. The minimum atomic E-state index is -4.44. The Hall–Kier alpha value is -1.68. The second-order valence-electron chi connectivity index (χ2n) is 5.21. The fourth-order valence-electron chi connectivity index (χ4n) is 2.73. The summed E-state index contributed by atoms with van der Waals surface area (Å²) in [5.74, 6) is 0. The zero-order valence-electron chi connectivity index (χ0n) is 11.0. The molecule has 0 unspecified atom stereocenters. The lowest BCUT2D eigenvalue weighted by atomic mass is 10.1. The molecule has 2 aromatic carbocycles. The molecule has 1 aliphatic carbocycles. The van der Waals surface area contributed by atoms with Crippen molar-refractivity contribution in [3.63, 3.8) is 0 Å². The van der Waals surface area contributed by atoms with Crippen LogP contribution in [0.2, 0.25) is 5.02 Å². The van der Waals surface area contributed by atoms with Gasteiger partial charge in [-0.2, -0.15) is 13.2 Å². The van der Waals surface area contributed by atoms with Gasteiger partial charge in [0.1, 0.15) is 0 Å². The first-order valence-electron chi connectivity index (χ1n) is 6.63. The van der Waals surface area contributed by atoms with Crippen LogP contribution in [0.15, 0.2) is 42.5 Å². The van der Waals surface area contributed by atoms with Crippen LogP contribution in [-0.4, -0.2) is 6.04 Å². The van der Waals surface area contributed by atoms with Crippen molar-refractivity contribution in [3.05, 3.63) is 64.2 Å². The molecular formula is C16H13ClF3N. The van der Waals surface area contributed by atoms with Gasteiger partial charge in [-0.15, -0.1) is 0 Å². The first-order valence-corrected chi connectivity index (χ1v) is 7.01. The molecule has 0 amide bonds. The number of alkyl halides is 3. The summed E-state index contributed by atoms with van der Waals surface area (Å²) >= 11 is 5.62. The van der Waals surface area contributed by atoms with Crippen molar-refractivity contribution in [2.75, 3.05) is 5.32 Å². The molecule has 3 rings (SSSR count). The molecule has 0 saturated heterocycles. The Morgan fingerprint density at radius 3 is 2.19 bits per heavy atom. The molecule has 110 valence electrons. The molecule has 0 fully saturated rings. The van der Waals surface area contributed by atoms with E-state index in [1.165, 1.54) is 17.2 Å². The first-order chi connectivity index (χ1) is 9.93. The van der Waals surface area contributed by atoms with Gasteiger partial charge >= 0.3 is 6.18 Å². The number of halogens is 4. The van der Waals surface area contributed by atoms with Crippen LogP contribution in [0, 0.1) is 0 Å². The summed E-state index contributed by atoms with van der Waals surface area (Å²) in [6.45, 7) is 0. The van der Waals surface area contributed by atoms with Crippen molar-refractivity contribution in [2.24, 2.45) is 0 Å². The van der Waals surface area contributed by atoms with Crippen LogP contribution in [0.3, 0.4) is 0 Å². The van der Waals surface area contributed by atoms with Crippen molar-refractivity contribution in [2.45, 2.75) is 25.1 Å². The maximum atomic E-state index is 12.8. The number of hydrogen-bond acceptors (Lipinski definition) is 1. The van der Waals surface area contributed by atoms with E-state index >= 15 is 0 Å². The smallest absolute Gasteiger partial charge is 0.382 e. The van der Waals surface area contributed by atoms with E-state index in [4.69, 9.17) is 11.6 Å². The van der Waals surface area contributed by atoms with Crippen LogP contribution >= 0.6 is 11.6 Å². The highest BCUT2D eigenvalue weighted by atomic mass is 35.5. The summed E-state index contributed by atoms with van der Waals surface area (Å²) in [5, 5.41) is 2.89. The molecule has 1 nitrogen and oxygen atoms in total. The molecule has 0 aromatic heterocycles. The quantitative estimate of drug-likeness (QED) is 0.828. The Bertz CT molecular complexity index is 642. The Morgan fingerprint density at radius 2 is 1.62 bits per heavy atom. The first kappa shape index (κ1) is 14.3. The van der Waals surface area contributed by atoms with Gasteiger partial charge in [0.15, 0.2) is 0 Å². The van der Waals surface area contributed by atoms with Crippen molar-refractivity contribution in [1.29, 1.82) is 0 Å². The molecular weight excluding hydrogens is 299 g/mol. The Balaban J connectivity index is 1.78. The topological polar surface area (TPSA) is 12.0 Å². The molecule has 0 bridgehead atoms. The number of fused-ring (bicyclic) bond motifs is 1. The van der Waals surface area contributed by atoms with Crippen molar-refractivity contribution in [1.82, 2.24) is 0 Å². The predicted molar refractivity (Wildman–Crippen MR) is 77.7 cm³/mol. The van der Waals surface area contributed by atoms with Gasteiger partial charge in [-0.05, 0) is 42.2 Å². The highest BCUT2D eigenvalue weighted by molar-refractivity contribution is 6.31. The van der Waals surface area contributed by atoms with Crippen molar-refractivity contribution in [3.8, 4) is 0 Å². The average Bonchev–Trinajstić information content (AvgIpc) is 2.82. The molecule has 5 heteroatoms. The van der Waals surface area contributed by atoms with Crippen LogP contribution in [-0.2, 0) is 19.0 Å². The van der Waals surface area contributed by atoms with Gasteiger partial charge < -0.3 is 5.32 Å². The van der Waals surface area contributed by atoms with Gasteiger partial charge in [-0.1, -0.05) is 35.9 Å². The lowest BCUT2D eigenvalue weighted by Crippen LogP contribution is -2.20. The predicted octanol–water partition coefficient (Wildman–Crippen LogP) is 4.94. The number of nitrogens with one attached hydrogen (secondary N) is 1. The normalized spacial score (nSPS) is 15.0. The molecule has 0 atom stereocenters.